The normalized spacial score (nSPS) is 39.0. The Morgan fingerprint density at radius 2 is 1.83 bits per heavy atom. The number of carbonyl (C=O) groups excluding carboxylic acids is 1. The first-order chi connectivity index (χ1) is 16.4. The molecule has 3 fully saturated rings. The highest BCUT2D eigenvalue weighted by molar-refractivity contribution is 6.00. The minimum Gasteiger partial charge on any atom is -0.423 e. The molecular weight excluding hydrogens is 440 g/mol. The number of rotatable bonds is 4. The molecule has 0 aliphatic heterocycles. The summed E-state index contributed by atoms with van der Waals surface area (Å²) < 4.78 is 5.37. The number of aliphatic hydroxyl groups excluding tert-OH is 2. The fourth-order valence-corrected chi connectivity index (χ4v) is 7.81. The van der Waals surface area contributed by atoms with E-state index < -0.39 is 11.5 Å². The first-order valence-corrected chi connectivity index (χ1v) is 12.9. The van der Waals surface area contributed by atoms with Gasteiger partial charge in [-0.2, -0.15) is 0 Å². The van der Waals surface area contributed by atoms with Crippen LogP contribution in [0.5, 0.6) is 0 Å². The van der Waals surface area contributed by atoms with Gasteiger partial charge in [0.05, 0.1) is 12.7 Å². The molecule has 0 saturated heterocycles. The quantitative estimate of drug-likeness (QED) is 0.446. The molecule has 190 valence electrons. The summed E-state index contributed by atoms with van der Waals surface area (Å²) in [7, 11) is 0. The fraction of sp³-hybridized carbons (Fsp3) is 0.600. The van der Waals surface area contributed by atoms with Gasteiger partial charge in [-0.25, -0.2) is 4.79 Å². The molecule has 0 spiro atoms. The minimum absolute atomic E-state index is 0.0247. The van der Waals surface area contributed by atoms with E-state index in [0.29, 0.717) is 24.2 Å². The van der Waals surface area contributed by atoms with Crippen molar-refractivity contribution >= 4 is 11.4 Å². The number of allylic oxidation sites excluding steroid dienone is 6. The summed E-state index contributed by atoms with van der Waals surface area (Å²) >= 11 is 0. The van der Waals surface area contributed by atoms with Crippen molar-refractivity contribution in [1.82, 2.24) is 0 Å². The highest BCUT2D eigenvalue weighted by Crippen LogP contribution is 2.69. The van der Waals surface area contributed by atoms with Crippen molar-refractivity contribution in [3.8, 4) is 0 Å². The molecule has 6 atom stereocenters. The van der Waals surface area contributed by atoms with Gasteiger partial charge in [-0.05, 0) is 87.0 Å². The van der Waals surface area contributed by atoms with Gasteiger partial charge in [0.15, 0.2) is 5.78 Å². The standard InChI is InChI=1S/C30H40O5/c1-18(22-11-10-20(3)27(34)35-22)8-7-9-19(2)26-21(32)16-24-28(4)15-13-25(33)30(6,17-31)23(28)12-14-29(24,26)5/h7-11,23-25,31,33H,12-17H2,1-6H3/b9-7+,18-8+,26-19-/t23-,24+,25+,28+,29+,30-/m1/s1. The molecule has 3 aliphatic rings. The Balaban J connectivity index is 1.64. The molecule has 2 N–H and O–H groups in total. The van der Waals surface area contributed by atoms with Crippen LogP contribution >= 0.6 is 0 Å². The smallest absolute Gasteiger partial charge is 0.339 e. The third kappa shape index (κ3) is 4.01. The summed E-state index contributed by atoms with van der Waals surface area (Å²) in [6.45, 7) is 12.2. The Hall–Kier alpha value is -2.24. The number of aliphatic hydroxyl groups is 2. The molecule has 3 saturated carbocycles. The van der Waals surface area contributed by atoms with E-state index in [9.17, 15) is 19.8 Å². The molecule has 1 aromatic rings. The van der Waals surface area contributed by atoms with Gasteiger partial charge in [-0.1, -0.05) is 39.0 Å². The van der Waals surface area contributed by atoms with Crippen LogP contribution in [0.15, 0.2) is 50.7 Å². The third-order valence-electron chi connectivity index (χ3n) is 9.89. The van der Waals surface area contributed by atoms with Crippen LogP contribution < -0.4 is 5.63 Å². The van der Waals surface area contributed by atoms with E-state index in [-0.39, 0.29) is 40.7 Å². The average molecular weight is 481 g/mol. The summed E-state index contributed by atoms with van der Waals surface area (Å²) in [5, 5.41) is 21.0. The maximum atomic E-state index is 13.4. The SMILES string of the molecule is C\C(=C/C=C/C(C)=C1/C(=O)C[C@H]2[C@@]3(C)CC[C@H](O)[C@](C)(CO)[C@@H]3CC[C@]12C)c1ccc(C)c(=O)o1. The lowest BCUT2D eigenvalue weighted by atomic mass is 9.43. The Kier molecular flexibility index (Phi) is 6.65. The molecule has 5 heteroatoms. The second-order valence-corrected chi connectivity index (χ2v) is 11.9. The van der Waals surface area contributed by atoms with Crippen molar-refractivity contribution in [2.45, 2.75) is 79.8 Å². The van der Waals surface area contributed by atoms with E-state index in [1.807, 2.05) is 39.0 Å². The molecule has 1 aromatic heterocycles. The predicted molar refractivity (Wildman–Crippen MR) is 138 cm³/mol. The van der Waals surface area contributed by atoms with Crippen LogP contribution in [0.1, 0.15) is 78.0 Å². The first-order valence-electron chi connectivity index (χ1n) is 12.9. The van der Waals surface area contributed by atoms with Gasteiger partial charge in [0.1, 0.15) is 5.76 Å². The Labute approximate surface area is 208 Å². The molecule has 4 rings (SSSR count). The summed E-state index contributed by atoms with van der Waals surface area (Å²) in [6.07, 6.45) is 9.19. The van der Waals surface area contributed by atoms with Crippen molar-refractivity contribution in [2.24, 2.45) is 28.1 Å². The van der Waals surface area contributed by atoms with Crippen LogP contribution in [0.25, 0.3) is 5.57 Å². The largest absolute Gasteiger partial charge is 0.423 e. The highest BCUT2D eigenvalue weighted by atomic mass is 16.4. The van der Waals surface area contributed by atoms with Crippen LogP contribution in [0, 0.1) is 35.0 Å². The van der Waals surface area contributed by atoms with Crippen LogP contribution in [0.3, 0.4) is 0 Å². The predicted octanol–water partition coefficient (Wildman–Crippen LogP) is 5.39. The number of carbonyl (C=O) groups is 1. The van der Waals surface area contributed by atoms with Crippen LogP contribution in [-0.2, 0) is 4.79 Å². The number of hydrogen-bond acceptors (Lipinski definition) is 5. The van der Waals surface area contributed by atoms with Crippen LogP contribution in [-0.4, -0.2) is 28.7 Å². The molecular formula is C30H40O5. The Bertz CT molecular complexity index is 1170. The lowest BCUT2D eigenvalue weighted by Crippen LogP contribution is -2.59. The first kappa shape index (κ1) is 25.8. The van der Waals surface area contributed by atoms with Gasteiger partial charge in [0.2, 0.25) is 0 Å². The summed E-state index contributed by atoms with van der Waals surface area (Å²) in [5.41, 5.74) is 2.18. The molecule has 0 unspecified atom stereocenters. The van der Waals surface area contributed by atoms with Crippen LogP contribution in [0.2, 0.25) is 0 Å². The van der Waals surface area contributed by atoms with E-state index in [2.05, 4.69) is 13.8 Å². The van der Waals surface area contributed by atoms with Gasteiger partial charge in [0.25, 0.3) is 0 Å². The van der Waals surface area contributed by atoms with Crippen molar-refractivity contribution in [3.05, 3.63) is 63.3 Å². The van der Waals surface area contributed by atoms with Crippen LogP contribution in [0.4, 0.5) is 0 Å². The van der Waals surface area contributed by atoms with Crippen molar-refractivity contribution < 1.29 is 19.4 Å². The molecule has 5 nitrogen and oxygen atoms in total. The Morgan fingerprint density at radius 3 is 2.49 bits per heavy atom. The Morgan fingerprint density at radius 1 is 1.11 bits per heavy atom. The summed E-state index contributed by atoms with van der Waals surface area (Å²) in [4.78, 5) is 25.3. The van der Waals surface area contributed by atoms with Gasteiger partial charge in [-0.15, -0.1) is 0 Å². The third-order valence-corrected chi connectivity index (χ3v) is 9.89. The van der Waals surface area contributed by atoms with Crippen molar-refractivity contribution in [3.63, 3.8) is 0 Å². The maximum absolute atomic E-state index is 13.4. The van der Waals surface area contributed by atoms with Gasteiger partial charge < -0.3 is 14.6 Å². The second kappa shape index (κ2) is 9.01. The zero-order valence-corrected chi connectivity index (χ0v) is 22.0. The minimum atomic E-state index is -0.522. The number of hydrogen-bond donors (Lipinski definition) is 2. The lowest BCUT2D eigenvalue weighted by Gasteiger charge is -2.62. The van der Waals surface area contributed by atoms with Crippen molar-refractivity contribution in [2.75, 3.05) is 6.61 Å². The van der Waals surface area contributed by atoms with E-state index in [4.69, 9.17) is 4.42 Å². The number of Topliss-reactive ketones (excluding diaryl/α,β-unsaturated/α-hetero) is 1. The van der Waals surface area contributed by atoms with Gasteiger partial charge in [0, 0.05) is 28.4 Å². The van der Waals surface area contributed by atoms with Gasteiger partial charge >= 0.3 is 5.63 Å². The molecule has 0 aromatic carbocycles. The number of fused-ring (bicyclic) bond motifs is 3. The molecule has 3 aliphatic carbocycles. The van der Waals surface area contributed by atoms with Gasteiger partial charge in [-0.3, -0.25) is 4.79 Å². The molecule has 0 radical (unpaired) electrons. The summed E-state index contributed by atoms with van der Waals surface area (Å²) in [5.74, 6) is 1.16. The zero-order valence-electron chi connectivity index (χ0n) is 22.0. The fourth-order valence-electron chi connectivity index (χ4n) is 7.81. The molecule has 35 heavy (non-hydrogen) atoms. The number of ketones is 1. The van der Waals surface area contributed by atoms with E-state index in [0.717, 1.165) is 36.0 Å². The van der Waals surface area contributed by atoms with E-state index in [1.165, 1.54) is 0 Å². The summed E-state index contributed by atoms with van der Waals surface area (Å²) in [6, 6.07) is 3.56. The second-order valence-electron chi connectivity index (χ2n) is 11.9. The lowest BCUT2D eigenvalue weighted by molar-refractivity contribution is -0.178. The topological polar surface area (TPSA) is 87.7 Å². The average Bonchev–Trinajstić information content (AvgIpc) is 3.09. The highest BCUT2D eigenvalue weighted by Gasteiger charge is 2.65. The van der Waals surface area contributed by atoms with Crippen molar-refractivity contribution in [1.29, 1.82) is 0 Å². The van der Waals surface area contributed by atoms with E-state index in [1.54, 1.807) is 19.1 Å². The van der Waals surface area contributed by atoms with E-state index >= 15 is 0 Å². The number of aryl methyl sites for hydroxylation is 1. The molecule has 0 bridgehead atoms. The zero-order chi connectivity index (χ0) is 25.8. The molecule has 1 heterocycles. The monoisotopic (exact) mass is 480 g/mol. The maximum Gasteiger partial charge on any atom is 0.339 e. The molecule has 0 amide bonds.